The number of phenolic OH excluding ortho intramolecular Hbond substituents is 1. The van der Waals surface area contributed by atoms with Crippen molar-refractivity contribution in [2.75, 3.05) is 27.4 Å². The van der Waals surface area contributed by atoms with E-state index in [1.165, 1.54) is 0 Å². The molecule has 2 unspecified atom stereocenters. The average Bonchev–Trinajstić information content (AvgIpc) is 2.37. The van der Waals surface area contributed by atoms with Crippen molar-refractivity contribution >= 4 is 0 Å². The Morgan fingerprint density at radius 1 is 1.28 bits per heavy atom. The zero-order valence-electron chi connectivity index (χ0n) is 11.6. The number of aromatic hydroxyl groups is 1. The maximum atomic E-state index is 9.54. The summed E-state index contributed by atoms with van der Waals surface area (Å²) in [6.07, 6.45) is 0. The predicted octanol–water partition coefficient (Wildman–Crippen LogP) is 2.33. The van der Waals surface area contributed by atoms with Crippen LogP contribution in [0.2, 0.25) is 0 Å². The quantitative estimate of drug-likeness (QED) is 0.783. The monoisotopic (exact) mass is 253 g/mol. The summed E-state index contributed by atoms with van der Waals surface area (Å²) < 4.78 is 10.2. The van der Waals surface area contributed by atoms with Crippen LogP contribution in [0.3, 0.4) is 0 Å². The highest BCUT2D eigenvalue weighted by molar-refractivity contribution is 5.42. The predicted molar refractivity (Wildman–Crippen MR) is 72.1 cm³/mol. The first-order chi connectivity index (χ1) is 8.58. The third-order valence-electron chi connectivity index (χ3n) is 2.93. The van der Waals surface area contributed by atoms with Gasteiger partial charge in [-0.3, -0.25) is 0 Å². The normalized spacial score (nSPS) is 14.2. The number of ether oxygens (including phenoxy) is 2. The van der Waals surface area contributed by atoms with Gasteiger partial charge in [0.1, 0.15) is 0 Å². The highest BCUT2D eigenvalue weighted by Crippen LogP contribution is 2.28. The molecule has 0 aliphatic rings. The second-order valence-corrected chi connectivity index (χ2v) is 4.62. The molecule has 0 saturated heterocycles. The summed E-state index contributed by atoms with van der Waals surface area (Å²) in [7, 11) is 3.27. The molecule has 1 aromatic rings. The van der Waals surface area contributed by atoms with Crippen molar-refractivity contribution in [1.29, 1.82) is 0 Å². The molecule has 0 aliphatic carbocycles. The molecule has 0 heterocycles. The lowest BCUT2D eigenvalue weighted by Crippen LogP contribution is -2.26. The summed E-state index contributed by atoms with van der Waals surface area (Å²) in [5, 5.41) is 13.0. The van der Waals surface area contributed by atoms with E-state index < -0.39 is 0 Å². The molecule has 0 spiro atoms. The van der Waals surface area contributed by atoms with Gasteiger partial charge < -0.3 is 19.9 Å². The van der Waals surface area contributed by atoms with E-state index in [-0.39, 0.29) is 11.8 Å². The van der Waals surface area contributed by atoms with E-state index in [0.29, 0.717) is 11.7 Å². The smallest absolute Gasteiger partial charge is 0.160 e. The van der Waals surface area contributed by atoms with Gasteiger partial charge in [0.2, 0.25) is 0 Å². The first kappa shape index (κ1) is 14.8. The number of hydrogen-bond donors (Lipinski definition) is 2. The van der Waals surface area contributed by atoms with Crippen molar-refractivity contribution in [3.05, 3.63) is 23.8 Å². The van der Waals surface area contributed by atoms with Crippen LogP contribution in [0.4, 0.5) is 0 Å². The Hall–Kier alpha value is -1.26. The van der Waals surface area contributed by atoms with Crippen molar-refractivity contribution in [2.24, 2.45) is 5.92 Å². The van der Waals surface area contributed by atoms with E-state index in [9.17, 15) is 5.11 Å². The van der Waals surface area contributed by atoms with Gasteiger partial charge in [0, 0.05) is 26.3 Å². The fraction of sp³-hybridized carbons (Fsp3) is 0.571. The number of nitrogens with one attached hydrogen (secondary N) is 1. The number of phenols is 1. The van der Waals surface area contributed by atoms with Crippen LogP contribution in [-0.4, -0.2) is 32.5 Å². The number of methoxy groups -OCH3 is 2. The molecule has 0 aromatic heterocycles. The first-order valence-electron chi connectivity index (χ1n) is 6.17. The standard InChI is InChI=1S/C14H23NO3/c1-10(9-17-3)8-15-11(2)12-5-6-13(16)14(7-12)18-4/h5-7,10-11,15-16H,8-9H2,1-4H3. The number of rotatable bonds is 7. The lowest BCUT2D eigenvalue weighted by molar-refractivity contribution is 0.157. The van der Waals surface area contributed by atoms with Crippen LogP contribution < -0.4 is 10.1 Å². The molecule has 0 fully saturated rings. The van der Waals surface area contributed by atoms with Gasteiger partial charge in [0.15, 0.2) is 11.5 Å². The van der Waals surface area contributed by atoms with Crippen LogP contribution in [0.25, 0.3) is 0 Å². The summed E-state index contributed by atoms with van der Waals surface area (Å²) in [6, 6.07) is 5.62. The molecule has 0 amide bonds. The third-order valence-corrected chi connectivity index (χ3v) is 2.93. The van der Waals surface area contributed by atoms with Gasteiger partial charge in [0.05, 0.1) is 7.11 Å². The summed E-state index contributed by atoms with van der Waals surface area (Å²) in [5.41, 5.74) is 1.09. The Bertz CT molecular complexity index is 368. The van der Waals surface area contributed by atoms with Crippen molar-refractivity contribution < 1.29 is 14.6 Å². The van der Waals surface area contributed by atoms with E-state index >= 15 is 0 Å². The maximum Gasteiger partial charge on any atom is 0.160 e. The molecule has 2 N–H and O–H groups in total. The Balaban J connectivity index is 2.58. The van der Waals surface area contributed by atoms with E-state index in [0.717, 1.165) is 18.7 Å². The fourth-order valence-corrected chi connectivity index (χ4v) is 1.80. The SMILES string of the molecule is COCC(C)CNC(C)c1ccc(O)c(OC)c1. The highest BCUT2D eigenvalue weighted by Gasteiger charge is 2.10. The Kier molecular flexibility index (Phi) is 5.95. The second kappa shape index (κ2) is 7.24. The van der Waals surface area contributed by atoms with Crippen LogP contribution in [0, 0.1) is 5.92 Å². The van der Waals surface area contributed by atoms with Crippen molar-refractivity contribution in [2.45, 2.75) is 19.9 Å². The minimum Gasteiger partial charge on any atom is -0.504 e. The van der Waals surface area contributed by atoms with Crippen LogP contribution in [0.1, 0.15) is 25.5 Å². The van der Waals surface area contributed by atoms with Gasteiger partial charge in [0.25, 0.3) is 0 Å². The van der Waals surface area contributed by atoms with Crippen LogP contribution in [0.15, 0.2) is 18.2 Å². The van der Waals surface area contributed by atoms with E-state index in [4.69, 9.17) is 9.47 Å². The van der Waals surface area contributed by atoms with Crippen molar-refractivity contribution in [1.82, 2.24) is 5.32 Å². The summed E-state index contributed by atoms with van der Waals surface area (Å²) >= 11 is 0. The van der Waals surface area contributed by atoms with Gasteiger partial charge in [-0.15, -0.1) is 0 Å². The molecule has 0 bridgehead atoms. The second-order valence-electron chi connectivity index (χ2n) is 4.62. The molecular formula is C14H23NO3. The molecule has 0 aliphatic heterocycles. The lowest BCUT2D eigenvalue weighted by atomic mass is 10.1. The Labute approximate surface area is 109 Å². The van der Waals surface area contributed by atoms with Crippen molar-refractivity contribution in [3.8, 4) is 11.5 Å². The fourth-order valence-electron chi connectivity index (χ4n) is 1.80. The molecule has 1 aromatic carbocycles. The van der Waals surface area contributed by atoms with Crippen LogP contribution in [-0.2, 0) is 4.74 Å². The largest absolute Gasteiger partial charge is 0.504 e. The van der Waals surface area contributed by atoms with Gasteiger partial charge in [-0.2, -0.15) is 0 Å². The molecule has 1 rings (SSSR count). The van der Waals surface area contributed by atoms with Gasteiger partial charge in [-0.25, -0.2) is 0 Å². The first-order valence-corrected chi connectivity index (χ1v) is 6.17. The van der Waals surface area contributed by atoms with E-state index in [1.807, 2.05) is 12.1 Å². The highest BCUT2D eigenvalue weighted by atomic mass is 16.5. The molecule has 102 valence electrons. The minimum atomic E-state index is 0.168. The lowest BCUT2D eigenvalue weighted by Gasteiger charge is -2.18. The van der Waals surface area contributed by atoms with Gasteiger partial charge >= 0.3 is 0 Å². The van der Waals surface area contributed by atoms with E-state index in [2.05, 4.69) is 19.2 Å². The summed E-state index contributed by atoms with van der Waals surface area (Å²) in [4.78, 5) is 0. The molecule has 0 saturated carbocycles. The molecular weight excluding hydrogens is 230 g/mol. The third kappa shape index (κ3) is 4.20. The molecule has 18 heavy (non-hydrogen) atoms. The molecule has 4 nitrogen and oxygen atoms in total. The summed E-state index contributed by atoms with van der Waals surface area (Å²) in [5.74, 6) is 1.14. The van der Waals surface area contributed by atoms with Gasteiger partial charge in [-0.1, -0.05) is 13.0 Å². The summed E-state index contributed by atoms with van der Waals surface area (Å²) in [6.45, 7) is 5.86. The number of benzene rings is 1. The topological polar surface area (TPSA) is 50.7 Å². The van der Waals surface area contributed by atoms with Crippen LogP contribution in [0.5, 0.6) is 11.5 Å². The Morgan fingerprint density at radius 3 is 2.61 bits per heavy atom. The van der Waals surface area contributed by atoms with Crippen LogP contribution >= 0.6 is 0 Å². The zero-order valence-corrected chi connectivity index (χ0v) is 11.6. The minimum absolute atomic E-state index is 0.168. The van der Waals surface area contributed by atoms with E-state index in [1.54, 1.807) is 20.3 Å². The van der Waals surface area contributed by atoms with Gasteiger partial charge in [-0.05, 0) is 30.5 Å². The maximum absolute atomic E-state index is 9.54. The molecule has 2 atom stereocenters. The molecule has 4 heteroatoms. The average molecular weight is 253 g/mol. The molecule has 0 radical (unpaired) electrons. The zero-order chi connectivity index (χ0) is 13.5. The number of hydrogen-bond acceptors (Lipinski definition) is 4. The van der Waals surface area contributed by atoms with Crippen molar-refractivity contribution in [3.63, 3.8) is 0 Å². The Morgan fingerprint density at radius 2 is 2.00 bits per heavy atom.